The first-order valence-electron chi connectivity index (χ1n) is 11.2. The van der Waals surface area contributed by atoms with E-state index >= 15 is 0 Å². The van der Waals surface area contributed by atoms with E-state index in [0.29, 0.717) is 41.4 Å². The van der Waals surface area contributed by atoms with E-state index in [4.69, 9.17) is 0 Å². The average Bonchev–Trinajstić information content (AvgIpc) is 2.92. The van der Waals surface area contributed by atoms with Gasteiger partial charge in [0.2, 0.25) is 5.91 Å². The summed E-state index contributed by atoms with van der Waals surface area (Å²) in [6.45, 7) is 6.45. The second-order valence-corrected chi connectivity index (χ2v) is 8.41. The van der Waals surface area contributed by atoms with Crippen LogP contribution >= 0.6 is 0 Å². The van der Waals surface area contributed by atoms with Crippen molar-refractivity contribution in [3.8, 4) is 0 Å². The maximum absolute atomic E-state index is 13.7. The van der Waals surface area contributed by atoms with Gasteiger partial charge in [0.15, 0.2) is 5.82 Å². The van der Waals surface area contributed by atoms with Crippen molar-refractivity contribution in [3.63, 3.8) is 0 Å². The Morgan fingerprint density at radius 2 is 2.10 bits per heavy atom. The first-order valence-corrected chi connectivity index (χ1v) is 11.2. The van der Waals surface area contributed by atoms with Crippen LogP contribution in [0.3, 0.4) is 0 Å². The minimum atomic E-state index is -0.228. The van der Waals surface area contributed by atoms with Gasteiger partial charge < -0.3 is 10.6 Å². The lowest BCUT2D eigenvalue weighted by molar-refractivity contribution is -0.119. The van der Waals surface area contributed by atoms with Gasteiger partial charge in [-0.1, -0.05) is 25.5 Å². The molecule has 2 atom stereocenters. The van der Waals surface area contributed by atoms with E-state index in [9.17, 15) is 9.59 Å². The van der Waals surface area contributed by atoms with Crippen LogP contribution in [0, 0.1) is 0 Å². The standard InChI is InChI=1S/C24H31N5O2/c1-3-17(2)26-15-18-9-6-7-14-28(18)16-22(30)29-21-12-5-4-10-19(21)24(31)27-20-11-8-13-25-23(20)29/h4-5,8,10-13,17-18,26H,3,6-7,9,14-16H2,1-2H3,(H,27,31). The molecule has 1 saturated heterocycles. The number of nitrogens with zero attached hydrogens (tertiary/aromatic N) is 3. The van der Waals surface area contributed by atoms with Gasteiger partial charge in [0.25, 0.3) is 5.91 Å². The number of para-hydroxylation sites is 1. The highest BCUT2D eigenvalue weighted by molar-refractivity contribution is 6.17. The number of carbonyl (C=O) groups is 2. The lowest BCUT2D eigenvalue weighted by atomic mass is 10.0. The molecule has 7 heteroatoms. The summed E-state index contributed by atoms with van der Waals surface area (Å²) < 4.78 is 0. The smallest absolute Gasteiger partial charge is 0.257 e. The van der Waals surface area contributed by atoms with Gasteiger partial charge in [-0.05, 0) is 57.0 Å². The summed E-state index contributed by atoms with van der Waals surface area (Å²) in [6, 6.07) is 11.6. The molecule has 4 rings (SSSR count). The lowest BCUT2D eigenvalue weighted by Gasteiger charge is -2.37. The van der Waals surface area contributed by atoms with Crippen LogP contribution in [0.4, 0.5) is 17.2 Å². The number of fused-ring (bicyclic) bond motifs is 2. The molecular formula is C24H31N5O2. The minimum Gasteiger partial charge on any atom is -0.319 e. The van der Waals surface area contributed by atoms with Gasteiger partial charge in [-0.3, -0.25) is 19.4 Å². The van der Waals surface area contributed by atoms with Crippen LogP contribution in [0.1, 0.15) is 49.9 Å². The number of anilines is 3. The fourth-order valence-electron chi connectivity index (χ4n) is 4.31. The van der Waals surface area contributed by atoms with Gasteiger partial charge in [-0.2, -0.15) is 0 Å². The summed E-state index contributed by atoms with van der Waals surface area (Å²) in [5.74, 6) is 0.171. The van der Waals surface area contributed by atoms with Crippen molar-refractivity contribution in [2.75, 3.05) is 29.9 Å². The molecule has 0 aliphatic carbocycles. The van der Waals surface area contributed by atoms with Crippen LogP contribution in [0.25, 0.3) is 0 Å². The molecule has 31 heavy (non-hydrogen) atoms. The summed E-state index contributed by atoms with van der Waals surface area (Å²) in [5, 5.41) is 6.49. The van der Waals surface area contributed by atoms with Gasteiger partial charge in [0.1, 0.15) is 0 Å². The molecule has 0 spiro atoms. The van der Waals surface area contributed by atoms with Crippen LogP contribution in [-0.2, 0) is 4.79 Å². The summed E-state index contributed by atoms with van der Waals surface area (Å²) in [6.07, 6.45) is 6.10. The number of pyridine rings is 1. The second-order valence-electron chi connectivity index (χ2n) is 8.41. The number of rotatable bonds is 6. The van der Waals surface area contributed by atoms with Crippen molar-refractivity contribution >= 4 is 29.0 Å². The maximum atomic E-state index is 13.7. The highest BCUT2D eigenvalue weighted by Gasteiger charge is 2.32. The molecule has 2 aliphatic heterocycles. The number of aromatic nitrogens is 1. The van der Waals surface area contributed by atoms with Crippen molar-refractivity contribution in [2.45, 2.75) is 51.6 Å². The van der Waals surface area contributed by atoms with Crippen molar-refractivity contribution in [1.82, 2.24) is 15.2 Å². The van der Waals surface area contributed by atoms with Gasteiger partial charge in [-0.25, -0.2) is 4.98 Å². The molecule has 2 aliphatic rings. The fourth-order valence-corrected chi connectivity index (χ4v) is 4.31. The van der Waals surface area contributed by atoms with Crippen LogP contribution < -0.4 is 15.5 Å². The second kappa shape index (κ2) is 9.58. The molecule has 7 nitrogen and oxygen atoms in total. The lowest BCUT2D eigenvalue weighted by Crippen LogP contribution is -2.50. The third-order valence-electron chi connectivity index (χ3n) is 6.29. The van der Waals surface area contributed by atoms with E-state index in [1.54, 1.807) is 29.3 Å². The summed E-state index contributed by atoms with van der Waals surface area (Å²) in [4.78, 5) is 34.8. The maximum Gasteiger partial charge on any atom is 0.257 e. The Morgan fingerprint density at radius 3 is 2.94 bits per heavy atom. The van der Waals surface area contributed by atoms with E-state index in [2.05, 4.69) is 34.4 Å². The molecule has 0 radical (unpaired) electrons. The van der Waals surface area contributed by atoms with E-state index in [-0.39, 0.29) is 11.8 Å². The normalized spacial score (nSPS) is 19.7. The topological polar surface area (TPSA) is 77.6 Å². The fraction of sp³-hybridized carbons (Fsp3) is 0.458. The quantitative estimate of drug-likeness (QED) is 0.746. The Labute approximate surface area is 183 Å². The number of carbonyl (C=O) groups excluding carboxylic acids is 2. The number of benzene rings is 1. The predicted molar refractivity (Wildman–Crippen MR) is 123 cm³/mol. The molecule has 1 aromatic carbocycles. The van der Waals surface area contributed by atoms with Crippen LogP contribution in [0.2, 0.25) is 0 Å². The Kier molecular flexibility index (Phi) is 6.63. The molecule has 0 saturated carbocycles. The van der Waals surface area contributed by atoms with Crippen LogP contribution in [0.5, 0.6) is 0 Å². The van der Waals surface area contributed by atoms with E-state index < -0.39 is 0 Å². The van der Waals surface area contributed by atoms with E-state index in [0.717, 1.165) is 32.4 Å². The summed E-state index contributed by atoms with van der Waals surface area (Å²) in [5.41, 5.74) is 1.60. The largest absolute Gasteiger partial charge is 0.319 e. The zero-order valence-electron chi connectivity index (χ0n) is 18.3. The van der Waals surface area contributed by atoms with E-state index in [1.165, 1.54) is 6.42 Å². The van der Waals surface area contributed by atoms with Gasteiger partial charge >= 0.3 is 0 Å². The SMILES string of the molecule is CCC(C)NCC1CCCCN1CC(=O)N1c2ccccc2C(=O)Nc2cccnc21. The van der Waals surface area contributed by atoms with Crippen LogP contribution in [0.15, 0.2) is 42.6 Å². The number of piperidine rings is 1. The molecule has 2 aromatic rings. The number of hydrogen-bond donors (Lipinski definition) is 2. The molecule has 3 heterocycles. The van der Waals surface area contributed by atoms with Gasteiger partial charge in [0.05, 0.1) is 23.5 Å². The summed E-state index contributed by atoms with van der Waals surface area (Å²) in [7, 11) is 0. The number of hydrogen-bond acceptors (Lipinski definition) is 5. The van der Waals surface area contributed by atoms with Gasteiger partial charge in [0, 0.05) is 24.8 Å². The van der Waals surface area contributed by atoms with Gasteiger partial charge in [-0.15, -0.1) is 0 Å². The third kappa shape index (κ3) is 4.62. The molecule has 1 fully saturated rings. The number of likely N-dealkylation sites (tertiary alicyclic amines) is 1. The van der Waals surface area contributed by atoms with E-state index in [1.807, 2.05) is 18.2 Å². The predicted octanol–water partition coefficient (Wildman–Crippen LogP) is 3.55. The van der Waals surface area contributed by atoms with Crippen molar-refractivity contribution in [2.24, 2.45) is 0 Å². The molecule has 1 aromatic heterocycles. The molecule has 0 bridgehead atoms. The first kappa shape index (κ1) is 21.5. The Morgan fingerprint density at radius 1 is 1.26 bits per heavy atom. The summed E-state index contributed by atoms with van der Waals surface area (Å²) >= 11 is 0. The zero-order valence-corrected chi connectivity index (χ0v) is 18.3. The highest BCUT2D eigenvalue weighted by atomic mass is 16.2. The minimum absolute atomic E-state index is 0.0701. The Balaban J connectivity index is 1.61. The third-order valence-corrected chi connectivity index (χ3v) is 6.29. The molecule has 164 valence electrons. The Bertz CT molecular complexity index is 947. The van der Waals surface area contributed by atoms with Crippen LogP contribution in [-0.4, -0.2) is 53.4 Å². The zero-order chi connectivity index (χ0) is 21.8. The first-order chi connectivity index (χ1) is 15.1. The van der Waals surface area contributed by atoms with Crippen molar-refractivity contribution < 1.29 is 9.59 Å². The monoisotopic (exact) mass is 421 g/mol. The average molecular weight is 422 g/mol. The molecular weight excluding hydrogens is 390 g/mol. The van der Waals surface area contributed by atoms with Crippen molar-refractivity contribution in [3.05, 3.63) is 48.2 Å². The van der Waals surface area contributed by atoms with Crippen molar-refractivity contribution in [1.29, 1.82) is 0 Å². The Hall–Kier alpha value is -2.77. The highest BCUT2D eigenvalue weighted by Crippen LogP contribution is 2.36. The molecule has 2 amide bonds. The number of nitrogens with one attached hydrogen (secondary N) is 2. The molecule has 2 unspecified atom stereocenters. The molecule has 2 N–H and O–H groups in total. The number of amides is 2.